The van der Waals surface area contributed by atoms with Crippen LogP contribution in [0.1, 0.15) is 44.6 Å². The first-order chi connectivity index (χ1) is 8.29. The third-order valence-electron chi connectivity index (χ3n) is 3.73. The van der Waals surface area contributed by atoms with E-state index in [1.54, 1.807) is 0 Å². The molecule has 1 aliphatic rings. The van der Waals surface area contributed by atoms with Gasteiger partial charge in [-0.3, -0.25) is 0 Å². The number of hydrogen-bond donors (Lipinski definition) is 1. The molecular weight excluding hydrogens is 208 g/mol. The van der Waals surface area contributed by atoms with Gasteiger partial charge in [0.1, 0.15) is 0 Å². The van der Waals surface area contributed by atoms with Crippen LogP contribution in [0.15, 0.2) is 24.3 Å². The highest BCUT2D eigenvalue weighted by Crippen LogP contribution is 2.25. The number of rotatable bonds is 2. The first-order valence-electron chi connectivity index (χ1n) is 6.56. The van der Waals surface area contributed by atoms with Gasteiger partial charge in [0.15, 0.2) is 0 Å². The molecule has 1 aromatic carbocycles. The highest BCUT2D eigenvalue weighted by atomic mass is 14.9. The zero-order valence-electron chi connectivity index (χ0n) is 10.4. The largest absolute Gasteiger partial charge is 0.382 e. The minimum Gasteiger partial charge on any atom is -0.382 e. The van der Waals surface area contributed by atoms with Crippen molar-refractivity contribution in [3.63, 3.8) is 0 Å². The van der Waals surface area contributed by atoms with Gasteiger partial charge in [0, 0.05) is 11.7 Å². The molecule has 90 valence electrons. The van der Waals surface area contributed by atoms with Gasteiger partial charge >= 0.3 is 0 Å². The molecule has 1 N–H and O–H groups in total. The molecule has 0 saturated heterocycles. The zero-order chi connectivity index (χ0) is 12.1. The first kappa shape index (κ1) is 12.0. The van der Waals surface area contributed by atoms with Crippen LogP contribution in [0.25, 0.3) is 0 Å². The molecule has 1 aliphatic carbocycles. The van der Waals surface area contributed by atoms with Crippen LogP contribution in [0.3, 0.4) is 0 Å². The van der Waals surface area contributed by atoms with Crippen LogP contribution in [0.5, 0.6) is 0 Å². The Balaban J connectivity index is 2.01. The second-order valence-electron chi connectivity index (χ2n) is 5.06. The predicted octanol–water partition coefficient (Wildman–Crippen LogP) is 3.94. The lowest BCUT2D eigenvalue weighted by Gasteiger charge is -2.24. The maximum atomic E-state index is 8.76. The molecule has 0 spiro atoms. The third-order valence-corrected chi connectivity index (χ3v) is 3.73. The molecular formula is C15H20N2. The Labute approximate surface area is 104 Å². The van der Waals surface area contributed by atoms with Gasteiger partial charge in [-0.25, -0.2) is 0 Å². The summed E-state index contributed by atoms with van der Waals surface area (Å²) in [6.07, 6.45) is 6.66. The summed E-state index contributed by atoms with van der Waals surface area (Å²) >= 11 is 0. The van der Waals surface area contributed by atoms with Crippen molar-refractivity contribution >= 4 is 5.69 Å². The molecule has 1 fully saturated rings. The maximum absolute atomic E-state index is 8.76. The number of nitrogens with zero attached hydrogens (tertiary/aromatic N) is 1. The lowest BCUT2D eigenvalue weighted by Crippen LogP contribution is -2.26. The van der Waals surface area contributed by atoms with Gasteiger partial charge in [0.2, 0.25) is 0 Å². The highest BCUT2D eigenvalue weighted by molar-refractivity contribution is 5.47. The van der Waals surface area contributed by atoms with Crippen LogP contribution in [-0.2, 0) is 0 Å². The van der Waals surface area contributed by atoms with Gasteiger partial charge in [-0.1, -0.05) is 26.2 Å². The average molecular weight is 228 g/mol. The number of benzene rings is 1. The summed E-state index contributed by atoms with van der Waals surface area (Å²) in [4.78, 5) is 0. The molecule has 0 radical (unpaired) electrons. The van der Waals surface area contributed by atoms with Crippen LogP contribution in [0, 0.1) is 17.2 Å². The molecule has 2 rings (SSSR count). The smallest absolute Gasteiger partial charge is 0.0991 e. The van der Waals surface area contributed by atoms with Crippen molar-refractivity contribution in [3.05, 3.63) is 29.8 Å². The number of nitriles is 1. The Morgan fingerprint density at radius 1 is 1.12 bits per heavy atom. The van der Waals surface area contributed by atoms with Crippen LogP contribution in [0.4, 0.5) is 5.69 Å². The first-order valence-corrected chi connectivity index (χ1v) is 6.56. The normalized spacial score (nSPS) is 24.7. The van der Waals surface area contributed by atoms with E-state index in [1.807, 2.05) is 24.3 Å². The molecule has 1 aromatic rings. The van der Waals surface area contributed by atoms with Crippen molar-refractivity contribution in [3.8, 4) is 6.07 Å². The van der Waals surface area contributed by atoms with Crippen molar-refractivity contribution in [2.24, 2.45) is 5.92 Å². The van der Waals surface area contributed by atoms with Crippen LogP contribution in [-0.4, -0.2) is 6.04 Å². The Bertz CT molecular complexity index is 388. The molecule has 0 aliphatic heterocycles. The van der Waals surface area contributed by atoms with Crippen molar-refractivity contribution in [1.29, 1.82) is 5.26 Å². The SMILES string of the molecule is CC1CCCCCC1Nc1ccc(C#N)cc1. The number of nitrogens with one attached hydrogen (secondary N) is 1. The zero-order valence-corrected chi connectivity index (χ0v) is 10.4. The summed E-state index contributed by atoms with van der Waals surface area (Å²) < 4.78 is 0. The summed E-state index contributed by atoms with van der Waals surface area (Å²) in [5, 5.41) is 12.4. The Morgan fingerprint density at radius 3 is 2.53 bits per heavy atom. The van der Waals surface area contributed by atoms with E-state index in [1.165, 1.54) is 32.1 Å². The summed E-state index contributed by atoms with van der Waals surface area (Å²) in [5.41, 5.74) is 1.87. The van der Waals surface area contributed by atoms with E-state index in [2.05, 4.69) is 18.3 Å². The van der Waals surface area contributed by atoms with Crippen LogP contribution in [0.2, 0.25) is 0 Å². The van der Waals surface area contributed by atoms with E-state index >= 15 is 0 Å². The number of hydrogen-bond acceptors (Lipinski definition) is 2. The van der Waals surface area contributed by atoms with Crippen LogP contribution >= 0.6 is 0 Å². The standard InChI is InChI=1S/C15H20N2/c1-12-5-3-2-4-6-15(12)17-14-9-7-13(11-16)8-10-14/h7-10,12,15,17H,2-6H2,1H3. The molecule has 1 saturated carbocycles. The van der Waals surface area contributed by atoms with E-state index in [0.717, 1.165) is 17.2 Å². The minimum absolute atomic E-state index is 0.588. The molecule has 0 aromatic heterocycles. The van der Waals surface area contributed by atoms with Crippen LogP contribution < -0.4 is 5.32 Å². The van der Waals surface area contributed by atoms with Crippen molar-refractivity contribution in [1.82, 2.24) is 0 Å². The molecule has 0 amide bonds. The Hall–Kier alpha value is -1.49. The summed E-state index contributed by atoms with van der Waals surface area (Å²) in [6, 6.07) is 10.5. The summed E-state index contributed by atoms with van der Waals surface area (Å²) in [7, 11) is 0. The van der Waals surface area contributed by atoms with E-state index in [0.29, 0.717) is 6.04 Å². The average Bonchev–Trinajstić information content (AvgIpc) is 2.56. The molecule has 0 bridgehead atoms. The molecule has 2 heteroatoms. The predicted molar refractivity (Wildman–Crippen MR) is 70.8 cm³/mol. The fraction of sp³-hybridized carbons (Fsp3) is 0.533. The molecule has 2 atom stereocenters. The highest BCUT2D eigenvalue weighted by Gasteiger charge is 2.19. The second kappa shape index (κ2) is 5.72. The molecule has 0 heterocycles. The van der Waals surface area contributed by atoms with Gasteiger partial charge in [-0.05, 0) is 43.0 Å². The third kappa shape index (κ3) is 3.23. The van der Waals surface area contributed by atoms with Crippen molar-refractivity contribution in [2.75, 3.05) is 5.32 Å². The van der Waals surface area contributed by atoms with E-state index in [4.69, 9.17) is 5.26 Å². The van der Waals surface area contributed by atoms with E-state index in [-0.39, 0.29) is 0 Å². The summed E-state index contributed by atoms with van der Waals surface area (Å²) in [5.74, 6) is 0.744. The maximum Gasteiger partial charge on any atom is 0.0991 e. The van der Waals surface area contributed by atoms with E-state index < -0.39 is 0 Å². The van der Waals surface area contributed by atoms with E-state index in [9.17, 15) is 0 Å². The van der Waals surface area contributed by atoms with Crippen molar-refractivity contribution in [2.45, 2.75) is 45.1 Å². The monoisotopic (exact) mass is 228 g/mol. The molecule has 17 heavy (non-hydrogen) atoms. The topological polar surface area (TPSA) is 35.8 Å². The fourth-order valence-corrected chi connectivity index (χ4v) is 2.56. The molecule has 2 nitrogen and oxygen atoms in total. The quantitative estimate of drug-likeness (QED) is 0.778. The molecule has 2 unspecified atom stereocenters. The summed E-state index contributed by atoms with van der Waals surface area (Å²) in [6.45, 7) is 2.34. The van der Waals surface area contributed by atoms with Crippen molar-refractivity contribution < 1.29 is 0 Å². The number of anilines is 1. The Kier molecular flexibility index (Phi) is 4.03. The fourth-order valence-electron chi connectivity index (χ4n) is 2.56. The van der Waals surface area contributed by atoms with Gasteiger partial charge < -0.3 is 5.32 Å². The van der Waals surface area contributed by atoms with Gasteiger partial charge in [0.05, 0.1) is 11.6 Å². The Morgan fingerprint density at radius 2 is 1.82 bits per heavy atom. The van der Waals surface area contributed by atoms with Gasteiger partial charge in [-0.2, -0.15) is 5.26 Å². The second-order valence-corrected chi connectivity index (χ2v) is 5.06. The van der Waals surface area contributed by atoms with Gasteiger partial charge in [-0.15, -0.1) is 0 Å². The lowest BCUT2D eigenvalue weighted by atomic mass is 9.96. The lowest BCUT2D eigenvalue weighted by molar-refractivity contribution is 0.457. The minimum atomic E-state index is 0.588. The van der Waals surface area contributed by atoms with Gasteiger partial charge in [0.25, 0.3) is 0 Å².